The van der Waals surface area contributed by atoms with Crippen LogP contribution in [0.25, 0.3) is 16.8 Å². The number of amides is 2. The number of fused-ring (bicyclic) bond motifs is 1. The molecule has 0 atom stereocenters. The summed E-state index contributed by atoms with van der Waals surface area (Å²) in [5, 5.41) is 1.90. The van der Waals surface area contributed by atoms with E-state index in [1.807, 2.05) is 67.6 Å². The maximum Gasteiger partial charge on any atom is 0.293 e. The Bertz CT molecular complexity index is 1050. The topological polar surface area (TPSA) is 50.3 Å². The number of hydrogen-bond donors (Lipinski definition) is 0. The van der Waals surface area contributed by atoms with Crippen molar-refractivity contribution >= 4 is 39.8 Å². The molecule has 2 heterocycles. The lowest BCUT2D eigenvalue weighted by atomic mass is 10.0. The summed E-state index contributed by atoms with van der Waals surface area (Å²) in [6.07, 6.45) is 1.68. The molecule has 4 nitrogen and oxygen atoms in total. The number of rotatable bonds is 3. The third-order valence-corrected chi connectivity index (χ3v) is 5.18. The van der Waals surface area contributed by atoms with Crippen LogP contribution in [-0.4, -0.2) is 21.0 Å². The lowest BCUT2D eigenvalue weighted by Gasteiger charge is -2.14. The number of benzene rings is 2. The van der Waals surface area contributed by atoms with Crippen molar-refractivity contribution < 1.29 is 9.59 Å². The van der Waals surface area contributed by atoms with E-state index in [0.717, 1.165) is 33.8 Å². The molecule has 5 heteroatoms. The van der Waals surface area contributed by atoms with Gasteiger partial charge in [0.1, 0.15) is 0 Å². The van der Waals surface area contributed by atoms with Crippen LogP contribution in [0.1, 0.15) is 17.0 Å². The van der Waals surface area contributed by atoms with Crippen molar-refractivity contribution in [3.8, 4) is 0 Å². The number of pyridine rings is 1. The van der Waals surface area contributed by atoms with Crippen LogP contribution in [0, 0.1) is 6.92 Å². The fourth-order valence-corrected chi connectivity index (χ4v) is 3.84. The van der Waals surface area contributed by atoms with Crippen LogP contribution < -0.4 is 0 Å². The first-order valence-electron chi connectivity index (χ1n) is 8.27. The summed E-state index contributed by atoms with van der Waals surface area (Å²) in [7, 11) is 0. The minimum absolute atomic E-state index is 0.248. The largest absolute Gasteiger partial charge is 0.293 e. The first-order valence-corrected chi connectivity index (χ1v) is 9.09. The molecule has 0 spiro atoms. The van der Waals surface area contributed by atoms with Crippen LogP contribution in [0.3, 0.4) is 0 Å². The minimum atomic E-state index is -0.267. The van der Waals surface area contributed by atoms with E-state index in [2.05, 4.69) is 4.98 Å². The van der Waals surface area contributed by atoms with E-state index >= 15 is 0 Å². The fourth-order valence-electron chi connectivity index (χ4n) is 3.02. The Hall–Kier alpha value is -2.92. The molecule has 26 heavy (non-hydrogen) atoms. The Morgan fingerprint density at radius 1 is 1.00 bits per heavy atom. The Labute approximate surface area is 155 Å². The molecule has 0 bridgehead atoms. The molecule has 0 radical (unpaired) electrons. The smallest absolute Gasteiger partial charge is 0.268 e. The van der Waals surface area contributed by atoms with Gasteiger partial charge in [0, 0.05) is 5.69 Å². The standard InChI is InChI=1S/C21H16N2O2S/c1-14-6-4-10-17(22-14)12-19-20(24)23(21(25)26-19)13-16-9-5-8-15-7-2-3-11-18(15)16/h2-12H,13H2,1H3/b19-12-. The summed E-state index contributed by atoms with van der Waals surface area (Å²) in [4.78, 5) is 31.2. The summed E-state index contributed by atoms with van der Waals surface area (Å²) in [6, 6.07) is 19.5. The van der Waals surface area contributed by atoms with Gasteiger partial charge in [0.2, 0.25) is 0 Å². The zero-order valence-electron chi connectivity index (χ0n) is 14.2. The van der Waals surface area contributed by atoms with E-state index in [-0.39, 0.29) is 17.7 Å². The molecule has 1 fully saturated rings. The third-order valence-electron chi connectivity index (χ3n) is 4.27. The monoisotopic (exact) mass is 360 g/mol. The molecule has 1 aliphatic rings. The molecule has 2 amide bonds. The molecule has 128 valence electrons. The van der Waals surface area contributed by atoms with Gasteiger partial charge >= 0.3 is 0 Å². The summed E-state index contributed by atoms with van der Waals surface area (Å²) < 4.78 is 0. The third kappa shape index (κ3) is 3.13. The van der Waals surface area contributed by atoms with Crippen LogP contribution >= 0.6 is 11.8 Å². The Morgan fingerprint density at radius 3 is 2.62 bits per heavy atom. The number of imide groups is 1. The number of aryl methyl sites for hydroxylation is 1. The van der Waals surface area contributed by atoms with Crippen LogP contribution in [0.4, 0.5) is 4.79 Å². The lowest BCUT2D eigenvalue weighted by Crippen LogP contribution is -2.27. The van der Waals surface area contributed by atoms with Crippen molar-refractivity contribution in [2.75, 3.05) is 0 Å². The molecule has 0 saturated carbocycles. The normalized spacial score (nSPS) is 16.0. The van der Waals surface area contributed by atoms with Crippen LogP contribution in [0.5, 0.6) is 0 Å². The Kier molecular flexibility index (Phi) is 4.31. The highest BCUT2D eigenvalue weighted by Gasteiger charge is 2.35. The van der Waals surface area contributed by atoms with E-state index in [4.69, 9.17) is 0 Å². The average Bonchev–Trinajstić information content (AvgIpc) is 2.89. The molecule has 0 unspecified atom stereocenters. The van der Waals surface area contributed by atoms with Gasteiger partial charge < -0.3 is 0 Å². The average molecular weight is 360 g/mol. The highest BCUT2D eigenvalue weighted by atomic mass is 32.2. The van der Waals surface area contributed by atoms with Crippen LogP contribution in [-0.2, 0) is 11.3 Å². The number of nitrogens with zero attached hydrogens (tertiary/aromatic N) is 2. The van der Waals surface area contributed by atoms with E-state index < -0.39 is 0 Å². The van der Waals surface area contributed by atoms with Gasteiger partial charge in [-0.3, -0.25) is 19.5 Å². The zero-order valence-corrected chi connectivity index (χ0v) is 15.0. The van der Waals surface area contributed by atoms with Gasteiger partial charge in [-0.15, -0.1) is 0 Å². The van der Waals surface area contributed by atoms with Gasteiger partial charge in [0.25, 0.3) is 11.1 Å². The Balaban J connectivity index is 1.63. The maximum absolute atomic E-state index is 12.7. The Morgan fingerprint density at radius 2 is 1.77 bits per heavy atom. The molecule has 1 saturated heterocycles. The first-order chi connectivity index (χ1) is 12.6. The van der Waals surface area contributed by atoms with Crippen molar-refractivity contribution in [2.45, 2.75) is 13.5 Å². The molecule has 1 aromatic heterocycles. The second-order valence-corrected chi connectivity index (χ2v) is 7.10. The highest BCUT2D eigenvalue weighted by Crippen LogP contribution is 2.34. The molecule has 2 aromatic carbocycles. The minimum Gasteiger partial charge on any atom is -0.268 e. The van der Waals surface area contributed by atoms with Gasteiger partial charge in [0.05, 0.1) is 17.1 Å². The molecule has 0 N–H and O–H groups in total. The van der Waals surface area contributed by atoms with E-state index in [1.54, 1.807) is 6.08 Å². The quantitative estimate of drug-likeness (QED) is 0.631. The van der Waals surface area contributed by atoms with Crippen molar-refractivity contribution in [1.82, 2.24) is 9.88 Å². The zero-order chi connectivity index (χ0) is 18.1. The molecule has 0 aliphatic carbocycles. The van der Waals surface area contributed by atoms with Gasteiger partial charge in [-0.25, -0.2) is 0 Å². The second-order valence-electron chi connectivity index (χ2n) is 6.11. The molecular formula is C21H16N2O2S. The number of aromatic nitrogens is 1. The summed E-state index contributed by atoms with van der Waals surface area (Å²) in [5.41, 5.74) is 2.51. The predicted molar refractivity (Wildman–Crippen MR) is 104 cm³/mol. The van der Waals surface area contributed by atoms with Gasteiger partial charge in [0.15, 0.2) is 0 Å². The number of hydrogen-bond acceptors (Lipinski definition) is 4. The van der Waals surface area contributed by atoms with Crippen molar-refractivity contribution in [3.63, 3.8) is 0 Å². The summed E-state index contributed by atoms with van der Waals surface area (Å²) in [5.74, 6) is -0.267. The van der Waals surface area contributed by atoms with E-state index in [1.165, 1.54) is 4.90 Å². The van der Waals surface area contributed by atoms with Crippen molar-refractivity contribution in [3.05, 3.63) is 82.5 Å². The van der Waals surface area contributed by atoms with E-state index in [0.29, 0.717) is 10.6 Å². The number of carbonyl (C=O) groups is 2. The van der Waals surface area contributed by atoms with Gasteiger partial charge in [-0.1, -0.05) is 48.5 Å². The first kappa shape index (κ1) is 16.5. The summed E-state index contributed by atoms with van der Waals surface area (Å²) >= 11 is 0.966. The van der Waals surface area contributed by atoms with Crippen LogP contribution in [0.2, 0.25) is 0 Å². The molecule has 3 aromatic rings. The molecule has 1 aliphatic heterocycles. The van der Waals surface area contributed by atoms with Gasteiger partial charge in [-0.05, 0) is 53.2 Å². The van der Waals surface area contributed by atoms with Gasteiger partial charge in [-0.2, -0.15) is 0 Å². The highest BCUT2D eigenvalue weighted by molar-refractivity contribution is 8.18. The second kappa shape index (κ2) is 6.77. The SMILES string of the molecule is Cc1cccc(/C=C2\SC(=O)N(Cc3cccc4ccccc34)C2=O)n1. The predicted octanol–water partition coefficient (Wildman–Crippen LogP) is 4.78. The number of thioether (sulfide) groups is 1. The van der Waals surface area contributed by atoms with E-state index in [9.17, 15) is 9.59 Å². The molecular weight excluding hydrogens is 344 g/mol. The van der Waals surface area contributed by atoms with Crippen molar-refractivity contribution in [1.29, 1.82) is 0 Å². The maximum atomic E-state index is 12.7. The fraction of sp³-hybridized carbons (Fsp3) is 0.0952. The summed E-state index contributed by atoms with van der Waals surface area (Å²) in [6.45, 7) is 2.16. The van der Waals surface area contributed by atoms with Crippen molar-refractivity contribution in [2.24, 2.45) is 0 Å². The number of carbonyl (C=O) groups excluding carboxylic acids is 2. The lowest BCUT2D eigenvalue weighted by molar-refractivity contribution is -0.123. The molecule has 4 rings (SSSR count). The van der Waals surface area contributed by atoms with Crippen LogP contribution in [0.15, 0.2) is 65.6 Å².